The number of nitrogens with zero attached hydrogens (tertiary/aromatic N) is 2. The molecule has 0 atom stereocenters. The van der Waals surface area contributed by atoms with Crippen molar-refractivity contribution in [3.05, 3.63) is 54.0 Å². The number of hydrogen-bond donors (Lipinski definition) is 1. The minimum Gasteiger partial charge on any atom is -0.493 e. The highest BCUT2D eigenvalue weighted by molar-refractivity contribution is 5.91. The molecule has 0 aliphatic carbocycles. The van der Waals surface area contributed by atoms with Gasteiger partial charge in [-0.15, -0.1) is 0 Å². The van der Waals surface area contributed by atoms with Crippen molar-refractivity contribution in [2.75, 3.05) is 26.6 Å². The number of carbonyl (C=O) groups excluding carboxylic acids is 1. The molecule has 1 amide bonds. The fraction of sp³-hybridized carbons (Fsp3) is 0.360. The molecule has 0 spiro atoms. The Morgan fingerprint density at radius 3 is 2.47 bits per heavy atom. The van der Waals surface area contributed by atoms with Gasteiger partial charge in [-0.1, -0.05) is 18.2 Å². The van der Waals surface area contributed by atoms with E-state index in [0.717, 1.165) is 41.3 Å². The SMILES string of the molecule is COc1ccc(CCC(=O)Nc2ccc(-c3cn4c(n3)CCCC4)cc2)c(OC)c1OC. The smallest absolute Gasteiger partial charge is 0.224 e. The van der Waals surface area contributed by atoms with Crippen molar-refractivity contribution in [2.24, 2.45) is 0 Å². The number of fused-ring (bicyclic) bond motifs is 1. The van der Waals surface area contributed by atoms with Crippen molar-refractivity contribution < 1.29 is 19.0 Å². The number of amides is 1. The Kier molecular flexibility index (Phi) is 6.63. The summed E-state index contributed by atoms with van der Waals surface area (Å²) in [5.41, 5.74) is 3.70. The number of hydrogen-bond acceptors (Lipinski definition) is 5. The summed E-state index contributed by atoms with van der Waals surface area (Å²) in [5.74, 6) is 2.81. The predicted molar refractivity (Wildman–Crippen MR) is 124 cm³/mol. The quantitative estimate of drug-likeness (QED) is 0.565. The third-order valence-electron chi connectivity index (χ3n) is 5.78. The maximum absolute atomic E-state index is 12.5. The molecule has 32 heavy (non-hydrogen) atoms. The fourth-order valence-corrected chi connectivity index (χ4v) is 4.11. The lowest BCUT2D eigenvalue weighted by molar-refractivity contribution is -0.116. The summed E-state index contributed by atoms with van der Waals surface area (Å²) in [6, 6.07) is 11.6. The van der Waals surface area contributed by atoms with Gasteiger partial charge in [-0.3, -0.25) is 4.79 Å². The van der Waals surface area contributed by atoms with Crippen molar-refractivity contribution in [2.45, 2.75) is 38.6 Å². The van der Waals surface area contributed by atoms with E-state index in [1.807, 2.05) is 36.4 Å². The second-order valence-electron chi connectivity index (χ2n) is 7.81. The first-order valence-electron chi connectivity index (χ1n) is 10.9. The normalized spacial score (nSPS) is 12.7. The molecule has 4 rings (SSSR count). The van der Waals surface area contributed by atoms with E-state index in [1.54, 1.807) is 21.3 Å². The number of methoxy groups -OCH3 is 3. The van der Waals surface area contributed by atoms with Gasteiger partial charge in [0.15, 0.2) is 11.5 Å². The number of benzene rings is 2. The Labute approximate surface area is 188 Å². The van der Waals surface area contributed by atoms with Crippen LogP contribution in [0.4, 0.5) is 5.69 Å². The van der Waals surface area contributed by atoms with E-state index in [4.69, 9.17) is 19.2 Å². The number of ether oxygens (including phenoxy) is 3. The number of aromatic nitrogens is 2. The van der Waals surface area contributed by atoms with E-state index in [1.165, 1.54) is 12.8 Å². The van der Waals surface area contributed by atoms with Gasteiger partial charge in [0.05, 0.1) is 27.0 Å². The summed E-state index contributed by atoms with van der Waals surface area (Å²) in [4.78, 5) is 17.3. The molecule has 168 valence electrons. The first-order chi connectivity index (χ1) is 15.6. The van der Waals surface area contributed by atoms with Crippen LogP contribution in [0, 0.1) is 0 Å². The summed E-state index contributed by atoms with van der Waals surface area (Å²) in [5, 5.41) is 2.97. The van der Waals surface area contributed by atoms with Gasteiger partial charge in [-0.25, -0.2) is 4.98 Å². The number of imidazole rings is 1. The molecule has 1 N–H and O–H groups in total. The van der Waals surface area contributed by atoms with Crippen LogP contribution in [0.2, 0.25) is 0 Å². The Balaban J connectivity index is 1.38. The highest BCUT2D eigenvalue weighted by Crippen LogP contribution is 2.40. The van der Waals surface area contributed by atoms with Gasteiger partial charge in [0.2, 0.25) is 11.7 Å². The van der Waals surface area contributed by atoms with Gasteiger partial charge in [-0.05, 0) is 43.0 Å². The van der Waals surface area contributed by atoms with Crippen molar-refractivity contribution in [3.8, 4) is 28.5 Å². The molecule has 2 aromatic carbocycles. The summed E-state index contributed by atoms with van der Waals surface area (Å²) in [6.45, 7) is 1.04. The molecule has 0 bridgehead atoms. The van der Waals surface area contributed by atoms with Crippen LogP contribution in [-0.2, 0) is 24.2 Å². The number of nitrogens with one attached hydrogen (secondary N) is 1. The zero-order valence-electron chi connectivity index (χ0n) is 18.8. The lowest BCUT2D eigenvalue weighted by Gasteiger charge is -2.15. The van der Waals surface area contributed by atoms with Crippen LogP contribution in [0.1, 0.15) is 30.7 Å². The van der Waals surface area contributed by atoms with Gasteiger partial charge in [0.25, 0.3) is 0 Å². The first-order valence-corrected chi connectivity index (χ1v) is 10.9. The maximum Gasteiger partial charge on any atom is 0.224 e. The van der Waals surface area contributed by atoms with Gasteiger partial charge < -0.3 is 24.1 Å². The number of rotatable bonds is 8. The molecular weight excluding hydrogens is 406 g/mol. The molecule has 0 fully saturated rings. The number of anilines is 1. The first kappa shape index (κ1) is 21.7. The highest BCUT2D eigenvalue weighted by Gasteiger charge is 2.17. The van der Waals surface area contributed by atoms with Crippen molar-refractivity contribution >= 4 is 11.6 Å². The zero-order chi connectivity index (χ0) is 22.5. The molecule has 1 aliphatic rings. The topological polar surface area (TPSA) is 74.6 Å². The molecule has 3 aromatic rings. The summed E-state index contributed by atoms with van der Waals surface area (Å²) < 4.78 is 18.5. The molecule has 0 saturated heterocycles. The molecular formula is C25H29N3O4. The van der Waals surface area contributed by atoms with Crippen LogP contribution < -0.4 is 19.5 Å². The van der Waals surface area contributed by atoms with Crippen molar-refractivity contribution in [3.63, 3.8) is 0 Å². The van der Waals surface area contributed by atoms with E-state index in [9.17, 15) is 4.79 Å². The van der Waals surface area contributed by atoms with E-state index in [-0.39, 0.29) is 5.91 Å². The van der Waals surface area contributed by atoms with Gasteiger partial charge in [0.1, 0.15) is 5.82 Å². The average molecular weight is 436 g/mol. The Bertz CT molecular complexity index is 1070. The van der Waals surface area contributed by atoms with Gasteiger partial charge in [0, 0.05) is 36.8 Å². The van der Waals surface area contributed by atoms with Crippen LogP contribution in [0.3, 0.4) is 0 Å². The Hall–Kier alpha value is -3.48. The second-order valence-corrected chi connectivity index (χ2v) is 7.81. The maximum atomic E-state index is 12.5. The summed E-state index contributed by atoms with van der Waals surface area (Å²) >= 11 is 0. The van der Waals surface area contributed by atoms with E-state index in [2.05, 4.69) is 16.1 Å². The minimum absolute atomic E-state index is 0.0629. The monoisotopic (exact) mass is 435 g/mol. The Morgan fingerprint density at radius 1 is 1.00 bits per heavy atom. The number of aryl methyl sites for hydroxylation is 3. The standard InChI is InChI=1S/C25H29N3O4/c1-30-21-13-9-18(24(31-2)25(21)32-3)10-14-23(29)26-19-11-7-17(8-12-19)20-16-28-15-5-4-6-22(28)27-20/h7-9,11-13,16H,4-6,10,14-15H2,1-3H3,(H,26,29). The predicted octanol–water partition coefficient (Wildman–Crippen LogP) is 4.48. The minimum atomic E-state index is -0.0629. The van der Waals surface area contributed by atoms with Crippen LogP contribution in [0.15, 0.2) is 42.6 Å². The lowest BCUT2D eigenvalue weighted by Crippen LogP contribution is -2.12. The van der Waals surface area contributed by atoms with Crippen molar-refractivity contribution in [1.29, 1.82) is 0 Å². The largest absolute Gasteiger partial charge is 0.493 e. The lowest BCUT2D eigenvalue weighted by atomic mass is 10.1. The molecule has 0 unspecified atom stereocenters. The van der Waals surface area contributed by atoms with Crippen molar-refractivity contribution in [1.82, 2.24) is 9.55 Å². The van der Waals surface area contributed by atoms with E-state index < -0.39 is 0 Å². The molecule has 1 aromatic heterocycles. The van der Waals surface area contributed by atoms with Gasteiger partial charge in [-0.2, -0.15) is 0 Å². The van der Waals surface area contributed by atoms with Crippen LogP contribution in [0.25, 0.3) is 11.3 Å². The molecule has 0 radical (unpaired) electrons. The van der Waals surface area contributed by atoms with E-state index >= 15 is 0 Å². The average Bonchev–Trinajstić information content (AvgIpc) is 3.26. The molecule has 2 heterocycles. The highest BCUT2D eigenvalue weighted by atomic mass is 16.5. The molecule has 1 aliphatic heterocycles. The summed E-state index contributed by atoms with van der Waals surface area (Å²) in [7, 11) is 4.73. The summed E-state index contributed by atoms with van der Waals surface area (Å²) in [6.07, 6.45) is 6.42. The van der Waals surface area contributed by atoms with Gasteiger partial charge >= 0.3 is 0 Å². The van der Waals surface area contributed by atoms with E-state index in [0.29, 0.717) is 30.1 Å². The molecule has 7 nitrogen and oxygen atoms in total. The Morgan fingerprint density at radius 2 is 1.78 bits per heavy atom. The van der Waals surface area contributed by atoms with Crippen LogP contribution in [0.5, 0.6) is 17.2 Å². The zero-order valence-corrected chi connectivity index (χ0v) is 18.8. The van der Waals surface area contributed by atoms with Crippen LogP contribution >= 0.6 is 0 Å². The third-order valence-corrected chi connectivity index (χ3v) is 5.78. The third kappa shape index (κ3) is 4.56. The van der Waals surface area contributed by atoms with Crippen LogP contribution in [-0.4, -0.2) is 36.8 Å². The molecule has 7 heteroatoms. The molecule has 0 saturated carbocycles. The fourth-order valence-electron chi connectivity index (χ4n) is 4.11. The number of carbonyl (C=O) groups is 1. The second kappa shape index (κ2) is 9.77.